The van der Waals surface area contributed by atoms with Crippen molar-refractivity contribution in [1.82, 2.24) is 5.32 Å². The summed E-state index contributed by atoms with van der Waals surface area (Å²) in [5.41, 5.74) is 30.2. The van der Waals surface area contributed by atoms with E-state index in [1.54, 1.807) is 0 Å². The summed E-state index contributed by atoms with van der Waals surface area (Å²) in [5, 5.41) is 76.7. The van der Waals surface area contributed by atoms with Gasteiger partial charge in [0.05, 0.1) is 24.8 Å². The van der Waals surface area contributed by atoms with Crippen LogP contribution in [-0.4, -0.2) is 178 Å². The molecule has 1 aliphatic carbocycles. The van der Waals surface area contributed by atoms with E-state index in [9.17, 15) is 40.5 Å². The van der Waals surface area contributed by atoms with Gasteiger partial charge in [-0.3, -0.25) is 4.79 Å². The number of hydrogen-bond donors (Lipinski definition) is 13. The molecule has 0 radical (unpaired) electrons. The number of nitrogens with two attached hydrogens (primary N) is 5. The van der Waals surface area contributed by atoms with Crippen molar-refractivity contribution in [2.45, 2.75) is 136 Å². The molecule has 3 saturated heterocycles. The smallest absolute Gasteiger partial charge is 0.221 e. The number of amides is 1. The van der Waals surface area contributed by atoms with Gasteiger partial charge >= 0.3 is 0 Å². The lowest BCUT2D eigenvalue weighted by Gasteiger charge is -2.47. The molecule has 0 aromatic rings. The highest BCUT2D eigenvalue weighted by Crippen LogP contribution is 2.34. The fourth-order valence-corrected chi connectivity index (χ4v) is 6.21. The molecule has 19 atom stereocenters. The number of terminal acetylenes is 1. The van der Waals surface area contributed by atoms with Crippen LogP contribution < -0.4 is 34.0 Å². The van der Waals surface area contributed by atoms with Crippen molar-refractivity contribution >= 4 is 5.91 Å². The van der Waals surface area contributed by atoms with E-state index in [4.69, 9.17) is 63.5 Å². The zero-order chi connectivity index (χ0) is 35.4. The van der Waals surface area contributed by atoms with E-state index in [2.05, 4.69) is 11.2 Å². The lowest BCUT2D eigenvalue weighted by molar-refractivity contribution is -0.306. The number of aliphatic hydroxyl groups excluding tert-OH is 7. The van der Waals surface area contributed by atoms with E-state index in [0.717, 1.165) is 0 Å². The number of nitrogens with one attached hydrogen (secondary N) is 1. The summed E-state index contributed by atoms with van der Waals surface area (Å²) >= 11 is 0. The molecule has 0 aromatic carbocycles. The summed E-state index contributed by atoms with van der Waals surface area (Å²) in [6.07, 6.45) is -15.4. The summed E-state index contributed by atoms with van der Waals surface area (Å²) in [6, 6.07) is -4.37. The molecule has 20 nitrogen and oxygen atoms in total. The van der Waals surface area contributed by atoms with Gasteiger partial charge in [-0.2, -0.15) is 0 Å². The number of hydrogen-bond acceptors (Lipinski definition) is 19. The van der Waals surface area contributed by atoms with E-state index >= 15 is 0 Å². The summed E-state index contributed by atoms with van der Waals surface area (Å²) < 4.78 is 35.0. The maximum Gasteiger partial charge on any atom is 0.221 e. The van der Waals surface area contributed by atoms with Gasteiger partial charge in [-0.25, -0.2) is 0 Å². The molecule has 3 heterocycles. The molecule has 18 N–H and O–H groups in total. The number of carbonyl (C=O) groups is 1. The third kappa shape index (κ3) is 8.43. The first-order valence-electron chi connectivity index (χ1n) is 15.8. The van der Waals surface area contributed by atoms with Crippen LogP contribution in [0.4, 0.5) is 0 Å². The summed E-state index contributed by atoms with van der Waals surface area (Å²) in [4.78, 5) is 12.0. The van der Waals surface area contributed by atoms with Crippen molar-refractivity contribution < 1.29 is 69.0 Å². The Bertz CT molecular complexity index is 1090. The molecule has 1 saturated carbocycles. The van der Waals surface area contributed by atoms with Gasteiger partial charge in [-0.15, -0.1) is 12.3 Å². The molecular weight excluding hydrogens is 644 g/mol. The first kappa shape index (κ1) is 39.1. The van der Waals surface area contributed by atoms with Crippen LogP contribution in [0, 0.1) is 12.3 Å². The summed E-state index contributed by atoms with van der Waals surface area (Å²) in [6.45, 7) is -1.10. The van der Waals surface area contributed by atoms with Gasteiger partial charge in [0.2, 0.25) is 5.91 Å². The molecule has 0 spiro atoms. The molecule has 1 amide bonds. The largest absolute Gasteiger partial charge is 0.394 e. The zero-order valence-electron chi connectivity index (χ0n) is 26.2. The third-order valence-electron chi connectivity index (χ3n) is 9.14. The quantitative estimate of drug-likeness (QED) is 0.0843. The van der Waals surface area contributed by atoms with Gasteiger partial charge in [0.1, 0.15) is 67.1 Å². The highest BCUT2D eigenvalue weighted by Gasteiger charge is 2.54. The second-order valence-electron chi connectivity index (χ2n) is 12.5. The van der Waals surface area contributed by atoms with Gasteiger partial charge in [-0.05, 0) is 6.42 Å². The van der Waals surface area contributed by atoms with Crippen LogP contribution in [0.5, 0.6) is 0 Å². The molecule has 4 aliphatic rings. The van der Waals surface area contributed by atoms with Gasteiger partial charge < -0.3 is 98.2 Å². The van der Waals surface area contributed by atoms with Crippen molar-refractivity contribution in [3.8, 4) is 12.3 Å². The van der Waals surface area contributed by atoms with E-state index in [-0.39, 0.29) is 32.4 Å². The van der Waals surface area contributed by atoms with Crippen molar-refractivity contribution in [3.05, 3.63) is 0 Å². The molecule has 48 heavy (non-hydrogen) atoms. The average molecular weight is 695 g/mol. The third-order valence-corrected chi connectivity index (χ3v) is 9.14. The maximum atomic E-state index is 12.0. The molecule has 0 bridgehead atoms. The van der Waals surface area contributed by atoms with Gasteiger partial charge in [-0.1, -0.05) is 0 Å². The maximum absolute atomic E-state index is 12.0. The lowest BCUT2D eigenvalue weighted by Crippen LogP contribution is -2.68. The predicted molar refractivity (Wildman–Crippen MR) is 160 cm³/mol. The van der Waals surface area contributed by atoms with Gasteiger partial charge in [0.15, 0.2) is 18.9 Å². The van der Waals surface area contributed by atoms with Crippen molar-refractivity contribution in [3.63, 3.8) is 0 Å². The molecule has 0 aromatic heterocycles. The molecule has 20 heteroatoms. The number of rotatable bonds is 12. The second kappa shape index (κ2) is 17.0. The number of carbonyl (C=O) groups excluding carboxylic acids is 1. The molecule has 276 valence electrons. The van der Waals surface area contributed by atoms with Crippen LogP contribution in [0.15, 0.2) is 0 Å². The Balaban J connectivity index is 1.46. The van der Waals surface area contributed by atoms with Crippen LogP contribution in [0.25, 0.3) is 0 Å². The lowest BCUT2D eigenvalue weighted by atomic mass is 9.84. The Morgan fingerprint density at radius 1 is 0.729 bits per heavy atom. The molecule has 7 unspecified atom stereocenters. The fraction of sp³-hybridized carbons (Fsp3) is 0.893. The zero-order valence-corrected chi connectivity index (χ0v) is 26.2. The minimum absolute atomic E-state index is 0.0314. The van der Waals surface area contributed by atoms with Crippen molar-refractivity contribution in [1.29, 1.82) is 0 Å². The molecular formula is C28H50N6O14. The van der Waals surface area contributed by atoms with Crippen LogP contribution in [0.2, 0.25) is 0 Å². The summed E-state index contributed by atoms with van der Waals surface area (Å²) in [5.74, 6) is 1.92. The Morgan fingerprint density at radius 3 is 1.85 bits per heavy atom. The topological polar surface area (TPSA) is 356 Å². The van der Waals surface area contributed by atoms with Gasteiger partial charge in [0, 0.05) is 38.0 Å². The van der Waals surface area contributed by atoms with Crippen LogP contribution in [0.1, 0.15) is 19.3 Å². The van der Waals surface area contributed by atoms with Crippen LogP contribution in [0.3, 0.4) is 0 Å². The monoisotopic (exact) mass is 694 g/mol. The van der Waals surface area contributed by atoms with Crippen molar-refractivity contribution in [2.24, 2.45) is 28.7 Å². The highest BCUT2D eigenvalue weighted by atomic mass is 16.8. The Kier molecular flexibility index (Phi) is 13.9. The normalized spacial score (nSPS) is 48.2. The molecule has 4 fully saturated rings. The standard InChI is InChI=1S/C28H50N6O14/c1-2-3-4-14(36)34-7-12-19(39)21(41)16(33)27(44-12)47-24-13(8-35)45-28(22(24)42)48-25-17(37)9(30)5-10(31)23(25)46-26-15(32)20(40)18(38)11(6-29)43-26/h1,9-13,15-28,35,37-42H,3-8,29-33H2,(H,34,36)/t9-,10?,11?,12?,13-,15?,16?,17?,18-,19-,20-,21+,22?,23-,24+,25-,26-,27-,28+/m1/s1. The van der Waals surface area contributed by atoms with Crippen LogP contribution >= 0.6 is 0 Å². The Morgan fingerprint density at radius 2 is 1.27 bits per heavy atom. The number of ether oxygens (including phenoxy) is 6. The Hall–Kier alpha value is -1.69. The number of aliphatic hydroxyl groups is 7. The van der Waals surface area contributed by atoms with Crippen molar-refractivity contribution in [2.75, 3.05) is 19.7 Å². The van der Waals surface area contributed by atoms with Crippen LogP contribution in [-0.2, 0) is 33.2 Å². The minimum atomic E-state index is -1.67. The second-order valence-corrected chi connectivity index (χ2v) is 12.5. The first-order chi connectivity index (χ1) is 22.7. The average Bonchev–Trinajstić information content (AvgIpc) is 3.36. The SMILES string of the molecule is C#CCCC(=O)NCC1O[C@H](O[C@@H]2C(O)[C@H](O[C@@H]3C(O)[C@H](N)CC(N)[C@H]3O[C@H]3OC(CN)[C@@H](O)[C@H](O)C3N)O[C@@H]2CO)C(N)[C@H](O)[C@@H]1O. The summed E-state index contributed by atoms with van der Waals surface area (Å²) in [7, 11) is 0. The molecule has 4 rings (SSSR count). The predicted octanol–water partition coefficient (Wildman–Crippen LogP) is -8.32. The Labute approximate surface area is 276 Å². The van der Waals surface area contributed by atoms with E-state index in [1.807, 2.05) is 0 Å². The van der Waals surface area contributed by atoms with E-state index in [1.165, 1.54) is 0 Å². The van der Waals surface area contributed by atoms with E-state index in [0.29, 0.717) is 0 Å². The highest BCUT2D eigenvalue weighted by molar-refractivity contribution is 5.76. The first-order valence-corrected chi connectivity index (χ1v) is 15.8. The minimum Gasteiger partial charge on any atom is -0.394 e. The fourth-order valence-electron chi connectivity index (χ4n) is 6.21. The van der Waals surface area contributed by atoms with E-state index < -0.39 is 129 Å². The molecule has 3 aliphatic heterocycles. The van der Waals surface area contributed by atoms with Gasteiger partial charge in [0.25, 0.3) is 0 Å².